The molecule has 0 atom stereocenters. The minimum absolute atomic E-state index is 0. The Bertz CT molecular complexity index is 1860. The summed E-state index contributed by atoms with van der Waals surface area (Å²) < 4.78 is 0. The fourth-order valence-electron chi connectivity index (χ4n) is 5.62. The fourth-order valence-corrected chi connectivity index (χ4v) is 5.62. The van der Waals surface area contributed by atoms with Crippen molar-refractivity contribution in [3.63, 3.8) is 0 Å². The van der Waals surface area contributed by atoms with Crippen molar-refractivity contribution in [3.05, 3.63) is 133 Å². The van der Waals surface area contributed by atoms with Crippen LogP contribution in [-0.4, -0.2) is 9.97 Å². The standard InChI is InChI=1S/C23H12N.C13H12N.Ir/c1-2-7-15-14(6-1)17-10-5-11-18-16-8-3-4-9-20(16)23-22(21(17)18)19(15)12-13-24-23;1-10-4-3-5-12(8-10)13-9-11(2)6-7-14-13;/h1-8,10-13H;3-4,6-9H,1-2H3;/q2*-1;. The Morgan fingerprint density at radius 1 is 0.538 bits per heavy atom. The van der Waals surface area contributed by atoms with Crippen molar-refractivity contribution < 1.29 is 20.1 Å². The second-order valence-corrected chi connectivity index (χ2v) is 9.81. The van der Waals surface area contributed by atoms with Crippen LogP contribution in [0.1, 0.15) is 11.1 Å². The van der Waals surface area contributed by atoms with Crippen LogP contribution < -0.4 is 0 Å². The van der Waals surface area contributed by atoms with E-state index in [1.165, 1.54) is 54.2 Å². The Labute approximate surface area is 241 Å². The van der Waals surface area contributed by atoms with E-state index in [0.717, 1.165) is 22.2 Å². The number of pyridine rings is 2. The molecule has 8 rings (SSSR count). The van der Waals surface area contributed by atoms with Gasteiger partial charge >= 0.3 is 0 Å². The third-order valence-corrected chi connectivity index (χ3v) is 7.30. The molecule has 6 aromatic carbocycles. The number of hydrogen-bond acceptors (Lipinski definition) is 2. The van der Waals surface area contributed by atoms with E-state index in [1.54, 1.807) is 0 Å². The van der Waals surface area contributed by atoms with E-state index in [-0.39, 0.29) is 20.1 Å². The summed E-state index contributed by atoms with van der Waals surface area (Å²) in [6, 6.07) is 40.4. The molecule has 0 aliphatic heterocycles. The number of hydrogen-bond donors (Lipinski definition) is 0. The molecule has 8 aromatic rings. The van der Waals surface area contributed by atoms with Crippen LogP contribution in [0.2, 0.25) is 0 Å². The molecular weight excluding hydrogens is 653 g/mol. The van der Waals surface area contributed by atoms with Gasteiger partial charge < -0.3 is 9.97 Å². The van der Waals surface area contributed by atoms with Gasteiger partial charge in [0.15, 0.2) is 0 Å². The monoisotopic (exact) mass is 677 g/mol. The van der Waals surface area contributed by atoms with Crippen molar-refractivity contribution in [2.75, 3.05) is 0 Å². The molecule has 39 heavy (non-hydrogen) atoms. The van der Waals surface area contributed by atoms with Gasteiger partial charge in [-0.15, -0.1) is 65.0 Å². The molecule has 0 aliphatic rings. The maximum atomic E-state index is 4.74. The van der Waals surface area contributed by atoms with Crippen LogP contribution in [-0.2, 0) is 20.1 Å². The molecule has 0 bridgehead atoms. The molecular formula is C36H24IrN2-2. The fraction of sp³-hybridized carbons (Fsp3) is 0.0556. The Morgan fingerprint density at radius 2 is 1.21 bits per heavy atom. The third kappa shape index (κ3) is 4.25. The predicted octanol–water partition coefficient (Wildman–Crippen LogP) is 9.25. The van der Waals surface area contributed by atoms with Gasteiger partial charge in [0.25, 0.3) is 0 Å². The van der Waals surface area contributed by atoms with Crippen LogP contribution in [0.15, 0.2) is 109 Å². The molecule has 189 valence electrons. The summed E-state index contributed by atoms with van der Waals surface area (Å²) in [7, 11) is 0. The van der Waals surface area contributed by atoms with E-state index in [1.807, 2.05) is 36.7 Å². The van der Waals surface area contributed by atoms with Crippen molar-refractivity contribution in [1.29, 1.82) is 0 Å². The topological polar surface area (TPSA) is 25.8 Å². The first-order chi connectivity index (χ1) is 18.7. The van der Waals surface area contributed by atoms with Gasteiger partial charge in [-0.05, 0) is 62.6 Å². The van der Waals surface area contributed by atoms with Gasteiger partial charge in [0.1, 0.15) is 0 Å². The summed E-state index contributed by atoms with van der Waals surface area (Å²) in [6.07, 6.45) is 3.76. The predicted molar refractivity (Wildman–Crippen MR) is 160 cm³/mol. The largest absolute Gasteiger partial charge is 0.305 e. The maximum Gasteiger partial charge on any atom is 0.0167 e. The van der Waals surface area contributed by atoms with Crippen molar-refractivity contribution in [3.8, 4) is 11.3 Å². The molecule has 0 saturated carbocycles. The first kappa shape index (κ1) is 25.1. The molecule has 2 heterocycles. The van der Waals surface area contributed by atoms with Gasteiger partial charge in [-0.25, -0.2) is 0 Å². The SMILES string of the molecule is Cc1cc[c-]c(-c2cc(C)ccn2)c1.[Ir].[c-]1cccc2c1c1nccc3c4ccccc4c4cccc2c4c31. The van der Waals surface area contributed by atoms with Crippen LogP contribution in [0.4, 0.5) is 0 Å². The second kappa shape index (κ2) is 10.2. The molecule has 0 unspecified atom stereocenters. The summed E-state index contributed by atoms with van der Waals surface area (Å²) in [5.41, 5.74) is 5.58. The third-order valence-electron chi connectivity index (χ3n) is 7.30. The molecule has 2 nitrogen and oxygen atoms in total. The van der Waals surface area contributed by atoms with Gasteiger partial charge in [0, 0.05) is 32.5 Å². The van der Waals surface area contributed by atoms with Crippen LogP contribution in [0.5, 0.6) is 0 Å². The van der Waals surface area contributed by atoms with E-state index in [0.29, 0.717) is 0 Å². The Morgan fingerprint density at radius 3 is 1.97 bits per heavy atom. The first-order valence-electron chi connectivity index (χ1n) is 12.8. The van der Waals surface area contributed by atoms with Crippen molar-refractivity contribution >= 4 is 54.0 Å². The number of aromatic nitrogens is 2. The number of nitrogens with zero attached hydrogens (tertiary/aromatic N) is 2. The average Bonchev–Trinajstić information content (AvgIpc) is 2.97. The Hall–Kier alpha value is -4.17. The van der Waals surface area contributed by atoms with E-state index >= 15 is 0 Å². The minimum atomic E-state index is 0. The molecule has 1 radical (unpaired) electrons. The van der Waals surface area contributed by atoms with E-state index < -0.39 is 0 Å². The zero-order valence-electron chi connectivity index (χ0n) is 21.6. The maximum absolute atomic E-state index is 4.74. The Balaban J connectivity index is 0.000000159. The number of benzene rings is 6. The van der Waals surface area contributed by atoms with Crippen LogP contribution >= 0.6 is 0 Å². The van der Waals surface area contributed by atoms with Gasteiger partial charge in [-0.1, -0.05) is 71.8 Å². The molecule has 0 fully saturated rings. The zero-order chi connectivity index (χ0) is 25.6. The summed E-state index contributed by atoms with van der Waals surface area (Å²) in [4.78, 5) is 9.06. The van der Waals surface area contributed by atoms with E-state index in [2.05, 4.69) is 104 Å². The molecule has 0 saturated heterocycles. The minimum Gasteiger partial charge on any atom is -0.305 e. The smallest absolute Gasteiger partial charge is 0.0167 e. The van der Waals surface area contributed by atoms with Gasteiger partial charge in [0.05, 0.1) is 0 Å². The van der Waals surface area contributed by atoms with E-state index in [9.17, 15) is 0 Å². The Kier molecular flexibility index (Phi) is 6.56. The van der Waals surface area contributed by atoms with Crippen molar-refractivity contribution in [2.45, 2.75) is 13.8 Å². The average molecular weight is 677 g/mol. The van der Waals surface area contributed by atoms with Crippen molar-refractivity contribution in [2.24, 2.45) is 0 Å². The number of aryl methyl sites for hydroxylation is 2. The molecule has 2 aromatic heterocycles. The van der Waals surface area contributed by atoms with Crippen LogP contribution in [0.25, 0.3) is 65.3 Å². The molecule has 0 aliphatic carbocycles. The normalized spacial score (nSPS) is 11.1. The zero-order valence-corrected chi connectivity index (χ0v) is 24.0. The molecule has 0 N–H and O–H groups in total. The van der Waals surface area contributed by atoms with Crippen LogP contribution in [0, 0.1) is 26.0 Å². The van der Waals surface area contributed by atoms with Crippen molar-refractivity contribution in [1.82, 2.24) is 9.97 Å². The number of rotatable bonds is 1. The van der Waals surface area contributed by atoms with E-state index in [4.69, 9.17) is 4.98 Å². The second-order valence-electron chi connectivity index (χ2n) is 9.81. The van der Waals surface area contributed by atoms with Gasteiger partial charge in [-0.2, -0.15) is 0 Å². The first-order valence-corrected chi connectivity index (χ1v) is 12.8. The summed E-state index contributed by atoms with van der Waals surface area (Å²) in [5, 5.41) is 11.4. The molecule has 3 heteroatoms. The van der Waals surface area contributed by atoms with Crippen LogP contribution in [0.3, 0.4) is 0 Å². The summed E-state index contributed by atoms with van der Waals surface area (Å²) in [6.45, 7) is 4.15. The molecule has 0 spiro atoms. The number of fused-ring (bicyclic) bond motifs is 6. The van der Waals surface area contributed by atoms with Gasteiger partial charge in [0.2, 0.25) is 0 Å². The molecule has 0 amide bonds. The summed E-state index contributed by atoms with van der Waals surface area (Å²) in [5.74, 6) is 0. The van der Waals surface area contributed by atoms with Gasteiger partial charge in [-0.3, -0.25) is 0 Å². The quantitative estimate of drug-likeness (QED) is 0.0985. The summed E-state index contributed by atoms with van der Waals surface area (Å²) >= 11 is 0.